The molecule has 0 aliphatic rings. The molecule has 0 aliphatic heterocycles. The third-order valence-electron chi connectivity index (χ3n) is 5.31. The molecule has 0 spiro atoms. The Bertz CT molecular complexity index is 1150. The number of amides is 2. The van der Waals surface area contributed by atoms with E-state index in [9.17, 15) is 42.8 Å². The Kier molecular flexibility index (Phi) is 21.0. The zero-order valence-electron chi connectivity index (χ0n) is 27.0. The third-order valence-corrected chi connectivity index (χ3v) is 6.82. The van der Waals surface area contributed by atoms with Crippen molar-refractivity contribution in [1.29, 1.82) is 0 Å². The summed E-state index contributed by atoms with van der Waals surface area (Å²) in [6.07, 6.45) is -4.03. The Morgan fingerprint density at radius 1 is 0.625 bits per heavy atom. The molecule has 0 aromatic rings. The summed E-state index contributed by atoms with van der Waals surface area (Å²) < 4.78 is 51.9. The molecule has 0 aliphatic carbocycles. The quantitative estimate of drug-likeness (QED) is 0.0324. The smallest absolute Gasteiger partial charge is 0.407 e. The van der Waals surface area contributed by atoms with Crippen molar-refractivity contribution < 1.29 is 81.0 Å². The molecule has 0 fully saturated rings. The minimum atomic E-state index is -4.68. The number of hydrogen-bond donors (Lipinski definition) is 5. The number of hydrogen-bond acceptors (Lipinski definition) is 14. The Morgan fingerprint density at radius 3 is 1.31 bits per heavy atom. The summed E-state index contributed by atoms with van der Waals surface area (Å²) in [4.78, 5) is 98.0. The number of ether oxygens (including phenoxy) is 6. The van der Waals surface area contributed by atoms with Crippen molar-refractivity contribution in [2.24, 2.45) is 0 Å². The molecule has 48 heavy (non-hydrogen) atoms. The van der Waals surface area contributed by atoms with E-state index in [0.29, 0.717) is 25.7 Å². The van der Waals surface area contributed by atoms with Crippen molar-refractivity contribution in [2.45, 2.75) is 51.7 Å². The average Bonchev–Trinajstić information content (AvgIpc) is 2.94. The van der Waals surface area contributed by atoms with Gasteiger partial charge in [0.15, 0.2) is 12.2 Å². The standard InChI is InChI=1S/C27H44N2O17P2/c1-18(2)24(32)43-14-20(12-41-22(30)16-47(5,36)37)45-26(34)28-10-8-6-7-9-11-29-27(35)46-21(15-44-25(33)19(3)4)13-42-23(31)17-48(38,39)40/h20-21H,1,3,6-17H2,2,4-5H3,(H,28,34)(H,29,35)(H,36,37)(H2,38,39,40). The average molecular weight is 731 g/mol. The van der Waals surface area contributed by atoms with Crippen molar-refractivity contribution in [3.63, 3.8) is 0 Å². The van der Waals surface area contributed by atoms with Crippen LogP contribution in [0.15, 0.2) is 24.3 Å². The number of nitrogens with one attached hydrogen (secondary N) is 2. The van der Waals surface area contributed by atoms with E-state index >= 15 is 0 Å². The molecule has 0 aromatic carbocycles. The van der Waals surface area contributed by atoms with Crippen molar-refractivity contribution in [1.82, 2.24) is 10.6 Å². The van der Waals surface area contributed by atoms with Gasteiger partial charge < -0.3 is 53.7 Å². The number of unbranched alkanes of at least 4 members (excludes halogenated alkanes) is 3. The lowest BCUT2D eigenvalue weighted by molar-refractivity contribution is -0.150. The van der Waals surface area contributed by atoms with E-state index in [1.807, 2.05) is 0 Å². The molecule has 0 saturated carbocycles. The predicted octanol–water partition coefficient (Wildman–Crippen LogP) is 1.14. The van der Waals surface area contributed by atoms with Gasteiger partial charge in [0.1, 0.15) is 38.8 Å². The van der Waals surface area contributed by atoms with Gasteiger partial charge in [0.25, 0.3) is 0 Å². The van der Waals surface area contributed by atoms with Crippen molar-refractivity contribution >= 4 is 51.0 Å². The molecule has 0 bridgehead atoms. The van der Waals surface area contributed by atoms with Crippen LogP contribution in [0.2, 0.25) is 0 Å². The van der Waals surface area contributed by atoms with Crippen LogP contribution in [0.1, 0.15) is 39.5 Å². The van der Waals surface area contributed by atoms with Gasteiger partial charge in [-0.3, -0.25) is 18.7 Å². The first-order chi connectivity index (χ1) is 22.2. The van der Waals surface area contributed by atoms with Gasteiger partial charge >= 0.3 is 43.7 Å². The minimum absolute atomic E-state index is 0.0583. The summed E-state index contributed by atoms with van der Waals surface area (Å²) in [5.74, 6) is -3.81. The maximum Gasteiger partial charge on any atom is 0.407 e. The van der Waals surface area contributed by atoms with Crippen molar-refractivity contribution in [3.05, 3.63) is 24.3 Å². The van der Waals surface area contributed by atoms with Gasteiger partial charge in [-0.05, 0) is 26.7 Å². The van der Waals surface area contributed by atoms with Crippen LogP contribution in [0.25, 0.3) is 0 Å². The summed E-state index contributed by atoms with van der Waals surface area (Å²) in [6.45, 7) is 8.78. The van der Waals surface area contributed by atoms with Crippen LogP contribution < -0.4 is 10.6 Å². The second-order valence-electron chi connectivity index (χ2n) is 10.5. The lowest BCUT2D eigenvalue weighted by Crippen LogP contribution is -2.36. The largest absolute Gasteiger partial charge is 0.461 e. The second-order valence-corrected chi connectivity index (χ2v) is 14.5. The van der Waals surface area contributed by atoms with Crippen molar-refractivity contribution in [3.8, 4) is 0 Å². The predicted molar refractivity (Wildman–Crippen MR) is 166 cm³/mol. The monoisotopic (exact) mass is 730 g/mol. The molecule has 0 radical (unpaired) electrons. The molecule has 3 atom stereocenters. The first-order valence-electron chi connectivity index (χ1n) is 14.4. The number of carbonyl (C=O) groups is 6. The van der Waals surface area contributed by atoms with Gasteiger partial charge in [-0.2, -0.15) is 0 Å². The van der Waals surface area contributed by atoms with E-state index in [1.165, 1.54) is 13.8 Å². The lowest BCUT2D eigenvalue weighted by Gasteiger charge is -2.19. The highest BCUT2D eigenvalue weighted by molar-refractivity contribution is 7.58. The Morgan fingerprint density at radius 2 is 0.979 bits per heavy atom. The van der Waals surface area contributed by atoms with Gasteiger partial charge in [0.05, 0.1) is 0 Å². The lowest BCUT2D eigenvalue weighted by atomic mass is 10.2. The highest BCUT2D eigenvalue weighted by Crippen LogP contribution is 2.34. The van der Waals surface area contributed by atoms with Crippen LogP contribution in [0.3, 0.4) is 0 Å². The normalized spacial score (nSPS) is 13.4. The van der Waals surface area contributed by atoms with Crippen LogP contribution in [0, 0.1) is 0 Å². The summed E-state index contributed by atoms with van der Waals surface area (Å²) >= 11 is 0. The molecular weight excluding hydrogens is 686 g/mol. The zero-order valence-corrected chi connectivity index (χ0v) is 28.8. The number of carbonyl (C=O) groups excluding carboxylic acids is 6. The number of rotatable bonds is 23. The molecule has 2 amide bonds. The summed E-state index contributed by atoms with van der Waals surface area (Å²) in [7, 11) is -8.36. The van der Waals surface area contributed by atoms with Gasteiger partial charge in [-0.25, -0.2) is 19.2 Å². The molecule has 0 saturated heterocycles. The van der Waals surface area contributed by atoms with Crippen LogP contribution >= 0.6 is 15.0 Å². The Labute approximate surface area is 277 Å². The van der Waals surface area contributed by atoms with Gasteiger partial charge in [-0.1, -0.05) is 26.0 Å². The molecule has 19 nitrogen and oxygen atoms in total. The van der Waals surface area contributed by atoms with Crippen LogP contribution in [0.4, 0.5) is 9.59 Å². The van der Waals surface area contributed by atoms with E-state index < -0.39 is 102 Å². The molecule has 21 heteroatoms. The maximum atomic E-state index is 12.2. The molecule has 0 aromatic heterocycles. The Balaban J connectivity index is 4.55. The topological polar surface area (TPSA) is 277 Å². The van der Waals surface area contributed by atoms with Gasteiger partial charge in [-0.15, -0.1) is 0 Å². The summed E-state index contributed by atoms with van der Waals surface area (Å²) in [5, 5.41) is 4.94. The molecular formula is C27H44N2O17P2. The summed E-state index contributed by atoms with van der Waals surface area (Å²) in [5.41, 5.74) is 0.143. The second kappa shape index (κ2) is 22.7. The molecule has 274 valence electrons. The van der Waals surface area contributed by atoms with E-state index in [0.717, 1.165) is 6.66 Å². The fraction of sp³-hybridized carbons (Fsp3) is 0.630. The molecule has 5 N–H and O–H groups in total. The molecule has 0 heterocycles. The van der Waals surface area contributed by atoms with Gasteiger partial charge in [0, 0.05) is 30.9 Å². The molecule has 3 unspecified atom stereocenters. The zero-order chi connectivity index (χ0) is 36.9. The van der Waals surface area contributed by atoms with Gasteiger partial charge in [0.2, 0.25) is 7.37 Å². The number of esters is 4. The highest BCUT2D eigenvalue weighted by atomic mass is 31.2. The van der Waals surface area contributed by atoms with Crippen molar-refractivity contribution in [2.75, 3.05) is 58.5 Å². The highest BCUT2D eigenvalue weighted by Gasteiger charge is 2.25. The fourth-order valence-electron chi connectivity index (χ4n) is 3.06. The van der Waals surface area contributed by atoms with Crippen LogP contribution in [0.5, 0.6) is 0 Å². The minimum Gasteiger partial charge on any atom is -0.461 e. The van der Waals surface area contributed by atoms with E-state index in [2.05, 4.69) is 23.8 Å². The first-order valence-corrected chi connectivity index (χ1v) is 18.5. The maximum absolute atomic E-state index is 12.2. The SMILES string of the molecule is C=C(C)C(=O)OCC(COC(=O)CP(C)(=O)O)OC(=O)NCCCCCCNC(=O)OC(COC(=O)CP(=O)(O)O)COC(=O)C(=C)C. The van der Waals surface area contributed by atoms with E-state index in [1.54, 1.807) is 0 Å². The van der Waals surface area contributed by atoms with Crippen LogP contribution in [-0.2, 0) is 56.7 Å². The van der Waals surface area contributed by atoms with E-state index in [4.69, 9.17) is 38.2 Å². The van der Waals surface area contributed by atoms with Crippen LogP contribution in [-0.4, -0.2) is 121 Å². The van der Waals surface area contributed by atoms with E-state index in [-0.39, 0.29) is 24.2 Å². The fourth-order valence-corrected chi connectivity index (χ4v) is 4.06. The summed E-state index contributed by atoms with van der Waals surface area (Å²) in [6, 6.07) is 0. The first kappa shape index (κ1) is 44.2. The Hall–Kier alpha value is -3.76. The number of alkyl carbamates (subject to hydrolysis) is 2. The third kappa shape index (κ3) is 25.3. The molecule has 0 rings (SSSR count).